The summed E-state index contributed by atoms with van der Waals surface area (Å²) in [6.45, 7) is 0.499. The fourth-order valence-electron chi connectivity index (χ4n) is 2.37. The number of nitrogens with two attached hydrogens (primary N) is 1. The highest BCUT2D eigenvalue weighted by Crippen LogP contribution is 2.26. The summed E-state index contributed by atoms with van der Waals surface area (Å²) >= 11 is 1.63. The molecule has 0 fully saturated rings. The largest absolute Gasteiger partial charge is 0.488 e. The highest BCUT2D eigenvalue weighted by molar-refractivity contribution is 7.09. The van der Waals surface area contributed by atoms with Gasteiger partial charge in [0.1, 0.15) is 18.4 Å². The maximum Gasteiger partial charge on any atom is 0.357 e. The van der Waals surface area contributed by atoms with E-state index in [9.17, 15) is 4.79 Å². The van der Waals surface area contributed by atoms with Gasteiger partial charge < -0.3 is 19.8 Å². The fourth-order valence-corrected chi connectivity index (χ4v) is 2.99. The van der Waals surface area contributed by atoms with Crippen molar-refractivity contribution in [2.75, 3.05) is 12.8 Å². The van der Waals surface area contributed by atoms with Crippen LogP contribution in [0.25, 0.3) is 5.69 Å². The molecule has 126 valence electrons. The van der Waals surface area contributed by atoms with E-state index in [1.807, 2.05) is 23.6 Å². The van der Waals surface area contributed by atoms with E-state index in [1.165, 1.54) is 13.3 Å². The molecule has 3 aromatic rings. The van der Waals surface area contributed by atoms with Crippen molar-refractivity contribution in [3.8, 4) is 17.5 Å². The molecule has 0 aliphatic rings. The van der Waals surface area contributed by atoms with Crippen molar-refractivity contribution in [3.63, 3.8) is 0 Å². The Hall–Kier alpha value is -3.24. The van der Waals surface area contributed by atoms with Crippen LogP contribution in [0.3, 0.4) is 0 Å². The van der Waals surface area contributed by atoms with Crippen LogP contribution < -0.4 is 10.5 Å². The number of nitrogens with zero attached hydrogens (tertiary/aromatic N) is 2. The molecule has 0 amide bonds. The molecule has 7 heteroatoms. The molecule has 0 saturated heterocycles. The molecule has 2 N–H and O–H groups in total. The van der Waals surface area contributed by atoms with Crippen LogP contribution in [0.15, 0.2) is 48.0 Å². The van der Waals surface area contributed by atoms with Gasteiger partial charge in [-0.15, -0.1) is 11.3 Å². The molecule has 0 aliphatic carbocycles. The topological polar surface area (TPSA) is 90.3 Å². The number of methoxy groups -OCH3 is 1. The number of carbonyl (C=O) groups is 1. The van der Waals surface area contributed by atoms with Gasteiger partial charge >= 0.3 is 5.97 Å². The molecule has 0 bridgehead atoms. The number of nitrogen functional groups attached to an aromatic ring is 1. The van der Waals surface area contributed by atoms with Gasteiger partial charge in [0.15, 0.2) is 5.69 Å². The van der Waals surface area contributed by atoms with Crippen molar-refractivity contribution in [2.45, 2.75) is 6.61 Å². The molecule has 6 nitrogen and oxygen atoms in total. The number of thiophene rings is 1. The molecule has 25 heavy (non-hydrogen) atoms. The molecular weight excluding hydrogens is 338 g/mol. The van der Waals surface area contributed by atoms with Crippen molar-refractivity contribution in [3.05, 3.63) is 64.1 Å². The molecule has 0 spiro atoms. The third-order valence-electron chi connectivity index (χ3n) is 3.62. The Morgan fingerprint density at radius 3 is 2.68 bits per heavy atom. The SMILES string of the molecule is COC(=O)c1c(N)c(C#N)cn1-c1ccc(OCc2cccs2)cc1. The number of carbonyl (C=O) groups excluding carboxylic acids is 1. The molecule has 0 unspecified atom stereocenters. The summed E-state index contributed by atoms with van der Waals surface area (Å²) in [5.74, 6) is 0.106. The molecule has 2 heterocycles. The third-order valence-corrected chi connectivity index (χ3v) is 4.47. The average Bonchev–Trinajstić information content (AvgIpc) is 3.27. The third kappa shape index (κ3) is 3.34. The average molecular weight is 353 g/mol. The van der Waals surface area contributed by atoms with Crippen LogP contribution in [0.1, 0.15) is 20.9 Å². The second-order valence-corrected chi connectivity index (χ2v) is 6.17. The van der Waals surface area contributed by atoms with Gasteiger partial charge in [-0.05, 0) is 35.7 Å². The Morgan fingerprint density at radius 2 is 2.08 bits per heavy atom. The van der Waals surface area contributed by atoms with Crippen LogP contribution in [0, 0.1) is 11.3 Å². The molecule has 0 radical (unpaired) electrons. The van der Waals surface area contributed by atoms with E-state index in [0.29, 0.717) is 18.0 Å². The minimum absolute atomic E-state index is 0.104. The molecule has 0 atom stereocenters. The van der Waals surface area contributed by atoms with E-state index in [-0.39, 0.29) is 16.9 Å². The van der Waals surface area contributed by atoms with Crippen LogP contribution in [0.2, 0.25) is 0 Å². The lowest BCUT2D eigenvalue weighted by atomic mass is 10.2. The zero-order valence-electron chi connectivity index (χ0n) is 13.4. The van der Waals surface area contributed by atoms with E-state index in [1.54, 1.807) is 40.2 Å². The lowest BCUT2D eigenvalue weighted by molar-refractivity contribution is 0.0593. The summed E-state index contributed by atoms with van der Waals surface area (Å²) in [4.78, 5) is 13.1. The van der Waals surface area contributed by atoms with E-state index in [4.69, 9.17) is 20.5 Å². The summed E-state index contributed by atoms with van der Waals surface area (Å²) in [7, 11) is 1.27. The van der Waals surface area contributed by atoms with E-state index < -0.39 is 5.97 Å². The maximum absolute atomic E-state index is 12.0. The number of benzene rings is 1. The molecule has 3 rings (SSSR count). The minimum atomic E-state index is -0.600. The van der Waals surface area contributed by atoms with Crippen LogP contribution in [0.4, 0.5) is 5.69 Å². The quantitative estimate of drug-likeness (QED) is 0.710. The van der Waals surface area contributed by atoms with Crippen LogP contribution in [-0.2, 0) is 11.3 Å². The Kier molecular flexibility index (Phi) is 4.73. The molecule has 0 aliphatic heterocycles. The van der Waals surface area contributed by atoms with Crippen molar-refractivity contribution in [2.24, 2.45) is 0 Å². The number of esters is 1. The first-order valence-electron chi connectivity index (χ1n) is 7.39. The van der Waals surface area contributed by atoms with Gasteiger partial charge in [0.25, 0.3) is 0 Å². The second-order valence-electron chi connectivity index (χ2n) is 5.14. The number of rotatable bonds is 5. The maximum atomic E-state index is 12.0. The standard InChI is InChI=1S/C18H15N3O3S/c1-23-18(22)17-16(20)12(9-19)10-21(17)13-4-6-14(7-5-13)24-11-15-3-2-8-25-15/h2-8,10H,11,20H2,1H3. The van der Waals surface area contributed by atoms with Gasteiger partial charge in [0.2, 0.25) is 0 Å². The van der Waals surface area contributed by atoms with Crippen LogP contribution >= 0.6 is 11.3 Å². The van der Waals surface area contributed by atoms with E-state index in [2.05, 4.69) is 0 Å². The Balaban J connectivity index is 1.87. The molecule has 0 saturated carbocycles. The predicted octanol–water partition coefficient (Wildman–Crippen LogP) is 3.36. The van der Waals surface area contributed by atoms with Crippen molar-refractivity contribution in [1.29, 1.82) is 5.26 Å². The summed E-state index contributed by atoms with van der Waals surface area (Å²) in [6.07, 6.45) is 1.52. The number of nitriles is 1. The summed E-state index contributed by atoms with van der Waals surface area (Å²) in [6, 6.07) is 13.1. The van der Waals surface area contributed by atoms with Crippen molar-refractivity contribution >= 4 is 23.0 Å². The van der Waals surface area contributed by atoms with Gasteiger partial charge in [-0.25, -0.2) is 4.79 Å². The van der Waals surface area contributed by atoms with Gasteiger partial charge in [0.05, 0.1) is 18.4 Å². The lowest BCUT2D eigenvalue weighted by Crippen LogP contribution is -2.11. The van der Waals surface area contributed by atoms with Gasteiger partial charge in [-0.1, -0.05) is 6.07 Å². The van der Waals surface area contributed by atoms with Crippen LogP contribution in [-0.4, -0.2) is 17.6 Å². The monoisotopic (exact) mass is 353 g/mol. The van der Waals surface area contributed by atoms with E-state index in [0.717, 1.165) is 4.88 Å². The molecular formula is C18H15N3O3S. The summed E-state index contributed by atoms with van der Waals surface area (Å²) < 4.78 is 12.0. The Morgan fingerprint density at radius 1 is 1.32 bits per heavy atom. The first-order valence-corrected chi connectivity index (χ1v) is 8.27. The van der Waals surface area contributed by atoms with Crippen LogP contribution in [0.5, 0.6) is 5.75 Å². The Bertz CT molecular complexity index is 922. The van der Waals surface area contributed by atoms with Crippen molar-refractivity contribution in [1.82, 2.24) is 4.57 Å². The highest BCUT2D eigenvalue weighted by Gasteiger charge is 2.21. The number of hydrogen-bond donors (Lipinski definition) is 1. The van der Waals surface area contributed by atoms with Crippen molar-refractivity contribution < 1.29 is 14.3 Å². The van der Waals surface area contributed by atoms with Gasteiger partial charge in [-0.3, -0.25) is 0 Å². The number of aromatic nitrogens is 1. The summed E-state index contributed by atoms with van der Waals surface area (Å²) in [5.41, 5.74) is 7.03. The highest BCUT2D eigenvalue weighted by atomic mass is 32.1. The first-order chi connectivity index (χ1) is 12.1. The normalized spacial score (nSPS) is 10.2. The zero-order valence-corrected chi connectivity index (χ0v) is 14.2. The molecule has 1 aromatic carbocycles. The summed E-state index contributed by atoms with van der Waals surface area (Å²) in [5, 5.41) is 11.1. The van der Waals surface area contributed by atoms with E-state index >= 15 is 0 Å². The minimum Gasteiger partial charge on any atom is -0.488 e. The number of anilines is 1. The predicted molar refractivity (Wildman–Crippen MR) is 94.9 cm³/mol. The lowest BCUT2D eigenvalue weighted by Gasteiger charge is -2.10. The zero-order chi connectivity index (χ0) is 17.8. The smallest absolute Gasteiger partial charge is 0.357 e. The Labute approximate surface area is 148 Å². The van der Waals surface area contributed by atoms with Gasteiger partial charge in [-0.2, -0.15) is 5.26 Å². The fraction of sp³-hybridized carbons (Fsp3) is 0.111. The molecule has 2 aromatic heterocycles. The second kappa shape index (κ2) is 7.11. The number of ether oxygens (including phenoxy) is 2. The first kappa shape index (κ1) is 16.6. The van der Waals surface area contributed by atoms with Gasteiger partial charge in [0, 0.05) is 16.8 Å². The number of hydrogen-bond acceptors (Lipinski definition) is 6.